The fraction of sp³-hybridized carbons (Fsp3) is 0.500. The van der Waals surface area contributed by atoms with Crippen molar-refractivity contribution < 1.29 is 9.15 Å². The lowest BCUT2D eigenvalue weighted by molar-refractivity contribution is 0.207. The Bertz CT molecular complexity index is 680. The monoisotopic (exact) mass is 360 g/mol. The lowest BCUT2D eigenvalue weighted by atomic mass is 10.1. The van der Waals surface area contributed by atoms with E-state index >= 15 is 0 Å². The van der Waals surface area contributed by atoms with Crippen molar-refractivity contribution in [2.24, 2.45) is 0 Å². The number of rotatable bonds is 8. The van der Waals surface area contributed by atoms with Gasteiger partial charge in [0, 0.05) is 18.0 Å². The van der Waals surface area contributed by atoms with Crippen molar-refractivity contribution in [3.8, 4) is 5.75 Å². The van der Waals surface area contributed by atoms with Gasteiger partial charge in [-0.3, -0.25) is 4.90 Å². The number of methoxy groups -OCH3 is 1. The molecule has 25 heavy (non-hydrogen) atoms. The van der Waals surface area contributed by atoms with E-state index in [1.165, 1.54) is 23.3 Å². The standard InChI is InChI=1S/C20H28N2O2S/c1-15-6-8-18(24-15)17(22-10-4-5-11-22)14-21-13-16-7-9-20(25-3)19(12-16)23-2/h6-9,12,17,21H,4-5,10-11,13-14H2,1-3H3. The average Bonchev–Trinajstić information content (AvgIpc) is 3.30. The molecule has 1 aromatic carbocycles. The van der Waals surface area contributed by atoms with Crippen molar-refractivity contribution >= 4 is 11.8 Å². The van der Waals surface area contributed by atoms with Crippen LogP contribution in [0.25, 0.3) is 0 Å². The summed E-state index contributed by atoms with van der Waals surface area (Å²) < 4.78 is 11.4. The SMILES string of the molecule is COc1cc(CNCC(c2ccc(C)o2)N2CCCC2)ccc1SC. The number of thioether (sulfide) groups is 1. The largest absolute Gasteiger partial charge is 0.496 e. The second-order valence-corrected chi connectivity index (χ2v) is 7.38. The zero-order valence-corrected chi connectivity index (χ0v) is 16.2. The highest BCUT2D eigenvalue weighted by atomic mass is 32.2. The first-order chi connectivity index (χ1) is 12.2. The molecule has 4 nitrogen and oxygen atoms in total. The maximum absolute atomic E-state index is 5.92. The van der Waals surface area contributed by atoms with Gasteiger partial charge in [-0.1, -0.05) is 6.07 Å². The first kappa shape index (κ1) is 18.4. The number of benzene rings is 1. The Balaban J connectivity index is 1.63. The van der Waals surface area contributed by atoms with E-state index in [4.69, 9.17) is 9.15 Å². The number of hydrogen-bond donors (Lipinski definition) is 1. The van der Waals surface area contributed by atoms with Gasteiger partial charge >= 0.3 is 0 Å². The summed E-state index contributed by atoms with van der Waals surface area (Å²) in [6.07, 6.45) is 4.63. The van der Waals surface area contributed by atoms with Crippen molar-refractivity contribution in [2.75, 3.05) is 33.0 Å². The van der Waals surface area contributed by atoms with Gasteiger partial charge in [0.05, 0.1) is 13.2 Å². The minimum absolute atomic E-state index is 0.309. The molecule has 1 unspecified atom stereocenters. The number of furan rings is 1. The van der Waals surface area contributed by atoms with Crippen LogP contribution in [0, 0.1) is 6.92 Å². The zero-order chi connectivity index (χ0) is 17.6. The number of ether oxygens (including phenoxy) is 1. The number of nitrogens with zero attached hydrogens (tertiary/aromatic N) is 1. The van der Waals surface area contributed by atoms with Gasteiger partial charge in [0.15, 0.2) is 0 Å². The van der Waals surface area contributed by atoms with E-state index in [0.717, 1.165) is 43.4 Å². The molecule has 136 valence electrons. The average molecular weight is 361 g/mol. The molecule has 1 saturated heterocycles. The molecule has 0 saturated carbocycles. The van der Waals surface area contributed by atoms with Crippen LogP contribution in [0.5, 0.6) is 5.75 Å². The highest BCUT2D eigenvalue weighted by molar-refractivity contribution is 7.98. The maximum atomic E-state index is 5.92. The molecular weight excluding hydrogens is 332 g/mol. The Hall–Kier alpha value is -1.43. The van der Waals surface area contributed by atoms with E-state index in [-0.39, 0.29) is 0 Å². The van der Waals surface area contributed by atoms with Gasteiger partial charge in [-0.05, 0) is 68.9 Å². The van der Waals surface area contributed by atoms with Gasteiger partial charge in [-0.2, -0.15) is 0 Å². The van der Waals surface area contributed by atoms with Crippen molar-refractivity contribution in [3.05, 3.63) is 47.4 Å². The summed E-state index contributed by atoms with van der Waals surface area (Å²) in [5.74, 6) is 3.00. The lowest BCUT2D eigenvalue weighted by Gasteiger charge is -2.26. The first-order valence-corrected chi connectivity index (χ1v) is 10.2. The molecule has 1 fully saturated rings. The van der Waals surface area contributed by atoms with Crippen LogP contribution in [0.3, 0.4) is 0 Å². The molecule has 1 aromatic heterocycles. The third-order valence-electron chi connectivity index (χ3n) is 4.79. The van der Waals surface area contributed by atoms with Crippen molar-refractivity contribution in [2.45, 2.75) is 37.2 Å². The minimum Gasteiger partial charge on any atom is -0.496 e. The predicted molar refractivity (Wildman–Crippen MR) is 103 cm³/mol. The van der Waals surface area contributed by atoms with E-state index in [1.807, 2.05) is 6.92 Å². The number of hydrogen-bond acceptors (Lipinski definition) is 5. The van der Waals surface area contributed by atoms with E-state index in [2.05, 4.69) is 46.8 Å². The molecule has 1 N–H and O–H groups in total. The van der Waals surface area contributed by atoms with Crippen LogP contribution < -0.4 is 10.1 Å². The van der Waals surface area contributed by atoms with Crippen molar-refractivity contribution in [1.29, 1.82) is 0 Å². The number of nitrogens with one attached hydrogen (secondary N) is 1. The predicted octanol–water partition coefficient (Wildman–Crippen LogP) is 4.25. The summed E-state index contributed by atoms with van der Waals surface area (Å²) >= 11 is 1.71. The molecule has 3 rings (SSSR count). The maximum Gasteiger partial charge on any atom is 0.132 e. The third kappa shape index (κ3) is 4.60. The fourth-order valence-corrected chi connectivity index (χ4v) is 3.99. The third-order valence-corrected chi connectivity index (χ3v) is 5.56. The Labute approximate surface area is 154 Å². The van der Waals surface area contributed by atoms with E-state index in [9.17, 15) is 0 Å². The van der Waals surface area contributed by atoms with Crippen LogP contribution >= 0.6 is 11.8 Å². The summed E-state index contributed by atoms with van der Waals surface area (Å²) in [6, 6.07) is 10.9. The molecular formula is C20H28N2O2S. The second kappa shape index (κ2) is 8.79. The quantitative estimate of drug-likeness (QED) is 0.713. The Kier molecular flexibility index (Phi) is 6.45. The molecule has 1 aliphatic heterocycles. The molecule has 1 atom stereocenters. The van der Waals surface area contributed by atoms with Crippen LogP contribution in [0.15, 0.2) is 39.6 Å². The summed E-state index contributed by atoms with van der Waals surface area (Å²) in [4.78, 5) is 3.70. The summed E-state index contributed by atoms with van der Waals surface area (Å²) in [5.41, 5.74) is 1.24. The Morgan fingerprint density at radius 1 is 1.24 bits per heavy atom. The molecule has 5 heteroatoms. The first-order valence-electron chi connectivity index (χ1n) is 8.93. The van der Waals surface area contributed by atoms with Gasteiger partial charge in [0.2, 0.25) is 0 Å². The number of aryl methyl sites for hydroxylation is 1. The highest BCUT2D eigenvalue weighted by Crippen LogP contribution is 2.29. The van der Waals surface area contributed by atoms with Crippen LogP contribution in [-0.4, -0.2) is 37.9 Å². The molecule has 0 bridgehead atoms. The smallest absolute Gasteiger partial charge is 0.132 e. The van der Waals surface area contributed by atoms with E-state index in [1.54, 1.807) is 18.9 Å². The molecule has 0 aliphatic carbocycles. The van der Waals surface area contributed by atoms with Gasteiger partial charge in [0.25, 0.3) is 0 Å². The van der Waals surface area contributed by atoms with Gasteiger partial charge in [-0.25, -0.2) is 0 Å². The van der Waals surface area contributed by atoms with E-state index < -0.39 is 0 Å². The molecule has 0 amide bonds. The molecule has 2 aromatic rings. The number of likely N-dealkylation sites (tertiary alicyclic amines) is 1. The summed E-state index contributed by atoms with van der Waals surface area (Å²) in [6.45, 7) is 6.04. The molecule has 2 heterocycles. The van der Waals surface area contributed by atoms with Crippen molar-refractivity contribution in [1.82, 2.24) is 10.2 Å². The minimum atomic E-state index is 0.309. The Morgan fingerprint density at radius 2 is 2.04 bits per heavy atom. The highest BCUT2D eigenvalue weighted by Gasteiger charge is 2.25. The van der Waals surface area contributed by atoms with Crippen LogP contribution in [0.4, 0.5) is 0 Å². The van der Waals surface area contributed by atoms with Crippen LogP contribution in [0.1, 0.15) is 36.0 Å². The van der Waals surface area contributed by atoms with Gasteiger partial charge in [-0.15, -0.1) is 11.8 Å². The van der Waals surface area contributed by atoms with Gasteiger partial charge < -0.3 is 14.5 Å². The normalized spacial score (nSPS) is 16.3. The van der Waals surface area contributed by atoms with Crippen LogP contribution in [0.2, 0.25) is 0 Å². The van der Waals surface area contributed by atoms with Crippen molar-refractivity contribution in [3.63, 3.8) is 0 Å². The zero-order valence-electron chi connectivity index (χ0n) is 15.4. The topological polar surface area (TPSA) is 37.6 Å². The lowest BCUT2D eigenvalue weighted by Crippen LogP contribution is -2.33. The fourth-order valence-electron chi connectivity index (χ4n) is 3.44. The summed E-state index contributed by atoms with van der Waals surface area (Å²) in [5, 5.41) is 3.61. The molecule has 0 spiro atoms. The molecule has 1 aliphatic rings. The molecule has 0 radical (unpaired) electrons. The Morgan fingerprint density at radius 3 is 2.68 bits per heavy atom. The van der Waals surface area contributed by atoms with Gasteiger partial charge in [0.1, 0.15) is 17.3 Å². The van der Waals surface area contributed by atoms with E-state index in [0.29, 0.717) is 6.04 Å². The second-order valence-electron chi connectivity index (χ2n) is 6.53. The van der Waals surface area contributed by atoms with Crippen LogP contribution in [-0.2, 0) is 6.54 Å². The summed E-state index contributed by atoms with van der Waals surface area (Å²) in [7, 11) is 1.73.